The van der Waals surface area contributed by atoms with E-state index in [0.717, 1.165) is 0 Å². The first-order valence-electron chi connectivity index (χ1n) is 4.55. The SMILES string of the molecule is COC(OC)(OC)C(=O)Cl.c1cc2cc-2c1. The van der Waals surface area contributed by atoms with Gasteiger partial charge in [0.15, 0.2) is 0 Å². The minimum Gasteiger partial charge on any atom is -0.324 e. The standard InChI is InChI=1S/C6H4.C5H9ClO4/c1-2-5-4-6(5)3-1;1-8-5(9-2,10-3)4(6)7/h1-4H;1-3H3. The van der Waals surface area contributed by atoms with E-state index in [1.54, 1.807) is 0 Å². The molecule has 0 radical (unpaired) electrons. The third kappa shape index (κ3) is 2.80. The van der Waals surface area contributed by atoms with Crippen molar-refractivity contribution < 1.29 is 19.0 Å². The highest BCUT2D eigenvalue weighted by Crippen LogP contribution is 2.32. The van der Waals surface area contributed by atoms with Gasteiger partial charge in [-0.2, -0.15) is 0 Å². The van der Waals surface area contributed by atoms with Crippen LogP contribution in [0.4, 0.5) is 0 Å². The molecule has 5 heteroatoms. The highest BCUT2D eigenvalue weighted by atomic mass is 35.5. The van der Waals surface area contributed by atoms with Crippen LogP contribution < -0.4 is 0 Å². The van der Waals surface area contributed by atoms with Crippen molar-refractivity contribution in [2.75, 3.05) is 21.3 Å². The van der Waals surface area contributed by atoms with Crippen LogP contribution in [0, 0.1) is 0 Å². The Bertz CT molecular complexity index is 348. The summed E-state index contributed by atoms with van der Waals surface area (Å²) in [5.74, 6) is -1.75. The molecule has 0 N–H and O–H groups in total. The Hall–Kier alpha value is -0.940. The quantitative estimate of drug-likeness (QED) is 0.610. The van der Waals surface area contributed by atoms with Crippen molar-refractivity contribution in [3.63, 3.8) is 0 Å². The normalized spacial score (nSPS) is 11.5. The summed E-state index contributed by atoms with van der Waals surface area (Å²) >= 11 is 5.09. The molecule has 4 nitrogen and oxygen atoms in total. The summed E-state index contributed by atoms with van der Waals surface area (Å²) in [6, 6.07) is 8.48. The molecule has 0 spiro atoms. The highest BCUT2D eigenvalue weighted by molar-refractivity contribution is 6.65. The molecular weight excluding hydrogens is 232 g/mol. The molecule has 88 valence electrons. The van der Waals surface area contributed by atoms with Crippen LogP contribution in [-0.2, 0) is 19.0 Å². The summed E-state index contributed by atoms with van der Waals surface area (Å²) in [5.41, 5.74) is 2.85. The third-order valence-corrected chi connectivity index (χ3v) is 2.39. The van der Waals surface area contributed by atoms with E-state index in [-0.39, 0.29) is 0 Å². The fraction of sp³-hybridized carbons (Fsp3) is 0.364. The number of halogens is 1. The smallest absolute Gasteiger partial charge is 0.324 e. The van der Waals surface area contributed by atoms with Gasteiger partial charge in [0.25, 0.3) is 0 Å². The predicted molar refractivity (Wildman–Crippen MR) is 60.1 cm³/mol. The summed E-state index contributed by atoms with van der Waals surface area (Å²) in [7, 11) is 3.77. The molecule has 0 bridgehead atoms. The molecule has 0 aromatic carbocycles. The van der Waals surface area contributed by atoms with Crippen LogP contribution in [0.25, 0.3) is 11.1 Å². The molecule has 0 saturated heterocycles. The van der Waals surface area contributed by atoms with Crippen LogP contribution in [0.3, 0.4) is 0 Å². The van der Waals surface area contributed by atoms with Gasteiger partial charge in [0.2, 0.25) is 0 Å². The molecule has 0 fully saturated rings. The number of fused-ring (bicyclic) bond motifs is 1. The second kappa shape index (κ2) is 5.41. The molecule has 0 saturated carbocycles. The van der Waals surface area contributed by atoms with Crippen LogP contribution in [0.15, 0.2) is 24.3 Å². The van der Waals surface area contributed by atoms with E-state index in [9.17, 15) is 4.79 Å². The van der Waals surface area contributed by atoms with E-state index in [2.05, 4.69) is 38.5 Å². The van der Waals surface area contributed by atoms with Gasteiger partial charge in [-0.15, -0.1) is 0 Å². The fourth-order valence-electron chi connectivity index (χ4n) is 1.17. The molecule has 0 aromatic rings. The topological polar surface area (TPSA) is 44.8 Å². The molecule has 0 heterocycles. The maximum absolute atomic E-state index is 10.5. The number of carbonyl (C=O) groups excluding carboxylic acids is 1. The molecule has 2 aliphatic rings. The lowest BCUT2D eigenvalue weighted by Crippen LogP contribution is -2.41. The molecule has 0 aliphatic heterocycles. The Kier molecular flexibility index (Phi) is 4.44. The van der Waals surface area contributed by atoms with Crippen LogP contribution in [0.1, 0.15) is 0 Å². The third-order valence-electron chi connectivity index (χ3n) is 2.16. The van der Waals surface area contributed by atoms with Crippen LogP contribution in [0.2, 0.25) is 0 Å². The summed E-state index contributed by atoms with van der Waals surface area (Å²) in [6.45, 7) is 0. The Morgan fingerprint density at radius 2 is 1.56 bits per heavy atom. The number of ether oxygens (including phenoxy) is 3. The second-order valence-corrected chi connectivity index (χ2v) is 3.37. The molecule has 0 atom stereocenters. The van der Waals surface area contributed by atoms with E-state index in [1.807, 2.05) is 0 Å². The lowest BCUT2D eigenvalue weighted by Gasteiger charge is -2.23. The monoisotopic (exact) mass is 244 g/mol. The summed E-state index contributed by atoms with van der Waals surface area (Å²) in [5, 5.41) is -0.847. The van der Waals surface area contributed by atoms with Gasteiger partial charge in [-0.05, 0) is 28.8 Å². The average Bonchev–Trinajstić information content (AvgIpc) is 2.89. The van der Waals surface area contributed by atoms with Gasteiger partial charge in [-0.25, -0.2) is 0 Å². The van der Waals surface area contributed by atoms with Crippen molar-refractivity contribution in [2.45, 2.75) is 5.97 Å². The van der Waals surface area contributed by atoms with Crippen molar-refractivity contribution in [3.05, 3.63) is 24.3 Å². The van der Waals surface area contributed by atoms with Gasteiger partial charge in [0.05, 0.1) is 0 Å². The first-order chi connectivity index (χ1) is 7.59. The van der Waals surface area contributed by atoms with Gasteiger partial charge in [-0.3, -0.25) is 4.79 Å². The zero-order chi connectivity index (χ0) is 12.2. The van der Waals surface area contributed by atoms with Gasteiger partial charge in [0.1, 0.15) is 0 Å². The highest BCUT2D eigenvalue weighted by Gasteiger charge is 2.38. The van der Waals surface area contributed by atoms with Crippen LogP contribution in [0.5, 0.6) is 0 Å². The van der Waals surface area contributed by atoms with Crippen molar-refractivity contribution in [1.82, 2.24) is 0 Å². The van der Waals surface area contributed by atoms with E-state index in [4.69, 9.17) is 11.6 Å². The number of hydrogen-bond donors (Lipinski definition) is 0. The Labute approximate surface area is 99.1 Å². The zero-order valence-corrected chi connectivity index (χ0v) is 10.1. The first kappa shape index (κ1) is 13.1. The number of rotatable bonds is 4. The minimum absolute atomic E-state index is 0.847. The fourth-order valence-corrected chi connectivity index (χ4v) is 1.40. The Morgan fingerprint density at radius 3 is 1.62 bits per heavy atom. The maximum Gasteiger partial charge on any atom is 0.362 e. The lowest BCUT2D eigenvalue weighted by molar-refractivity contribution is -0.320. The van der Waals surface area contributed by atoms with E-state index in [0.29, 0.717) is 0 Å². The maximum atomic E-state index is 10.5. The lowest BCUT2D eigenvalue weighted by atomic mass is 10.6. The molecule has 0 amide bonds. The van der Waals surface area contributed by atoms with Crippen LogP contribution in [-0.4, -0.2) is 32.5 Å². The Balaban J connectivity index is 0.000000176. The van der Waals surface area contributed by atoms with E-state index in [1.165, 1.54) is 32.5 Å². The van der Waals surface area contributed by atoms with Gasteiger partial charge < -0.3 is 14.2 Å². The van der Waals surface area contributed by atoms with Gasteiger partial charge >= 0.3 is 11.2 Å². The second-order valence-electron chi connectivity index (χ2n) is 3.02. The van der Waals surface area contributed by atoms with Crippen molar-refractivity contribution in [3.8, 4) is 11.1 Å². The van der Waals surface area contributed by atoms with E-state index >= 15 is 0 Å². The number of hydrogen-bond acceptors (Lipinski definition) is 4. The van der Waals surface area contributed by atoms with Gasteiger partial charge in [0, 0.05) is 21.3 Å². The summed E-state index contributed by atoms with van der Waals surface area (Å²) in [4.78, 5) is 10.5. The van der Waals surface area contributed by atoms with Crippen molar-refractivity contribution >= 4 is 16.8 Å². The summed E-state index contributed by atoms with van der Waals surface area (Å²) in [6.07, 6.45) is 0. The predicted octanol–water partition coefficient (Wildman–Crippen LogP) is 2.01. The zero-order valence-electron chi connectivity index (χ0n) is 9.32. The largest absolute Gasteiger partial charge is 0.362 e. The molecule has 2 aliphatic carbocycles. The summed E-state index contributed by atoms with van der Waals surface area (Å²) < 4.78 is 13.7. The number of carbonyl (C=O) groups is 1. The molecule has 0 unspecified atom stereocenters. The molecule has 2 rings (SSSR count). The van der Waals surface area contributed by atoms with Gasteiger partial charge in [-0.1, -0.05) is 18.2 Å². The van der Waals surface area contributed by atoms with E-state index < -0.39 is 11.2 Å². The molecule has 0 aromatic heterocycles. The van der Waals surface area contributed by atoms with Crippen molar-refractivity contribution in [1.29, 1.82) is 0 Å². The van der Waals surface area contributed by atoms with Crippen molar-refractivity contribution in [2.24, 2.45) is 0 Å². The number of benzene rings is 1. The Morgan fingerprint density at radius 1 is 1.12 bits per heavy atom. The first-order valence-corrected chi connectivity index (χ1v) is 4.93. The molecular formula is C11H13ClO4. The minimum atomic E-state index is -1.75. The van der Waals surface area contributed by atoms with Crippen LogP contribution >= 0.6 is 11.6 Å². The number of methoxy groups -OCH3 is 3. The average molecular weight is 245 g/mol. The molecule has 16 heavy (non-hydrogen) atoms.